The third kappa shape index (κ3) is 5.04. The summed E-state index contributed by atoms with van der Waals surface area (Å²) in [7, 11) is 0. The van der Waals surface area contributed by atoms with Gasteiger partial charge in [-0.25, -0.2) is 0 Å². The lowest BCUT2D eigenvalue weighted by atomic mass is 9.94. The van der Waals surface area contributed by atoms with Crippen molar-refractivity contribution >= 4 is 17.5 Å². The molecule has 1 aliphatic heterocycles. The molecule has 0 radical (unpaired) electrons. The molecule has 1 fully saturated rings. The van der Waals surface area contributed by atoms with Crippen molar-refractivity contribution in [2.75, 3.05) is 18.7 Å². The van der Waals surface area contributed by atoms with E-state index in [9.17, 15) is 14.7 Å². The number of carbonyl (C=O) groups excluding carboxylic acids is 2. The fourth-order valence-corrected chi connectivity index (χ4v) is 4.85. The van der Waals surface area contributed by atoms with Crippen LogP contribution < -0.4 is 20.1 Å². The highest BCUT2D eigenvalue weighted by Crippen LogP contribution is 2.51. The molecule has 1 saturated carbocycles. The van der Waals surface area contributed by atoms with Crippen molar-refractivity contribution in [1.29, 1.82) is 0 Å². The van der Waals surface area contributed by atoms with Crippen LogP contribution in [0.1, 0.15) is 58.4 Å². The van der Waals surface area contributed by atoms with Gasteiger partial charge in [0.15, 0.2) is 11.5 Å². The maximum atomic E-state index is 13.4. The van der Waals surface area contributed by atoms with Crippen LogP contribution in [-0.2, 0) is 10.2 Å². The number of nitrogens with one attached hydrogen (secondary N) is 2. The Hall–Kier alpha value is -3.84. The summed E-state index contributed by atoms with van der Waals surface area (Å²) < 4.78 is 10.9. The van der Waals surface area contributed by atoms with E-state index < -0.39 is 5.41 Å². The minimum Gasteiger partial charge on any atom is -0.454 e. The first kappa shape index (κ1) is 24.8. The highest BCUT2D eigenvalue weighted by Gasteiger charge is 2.51. The smallest absolute Gasteiger partial charge is 0.251 e. The standard InChI is InChI=1S/C30H32N2O5.3H2/c1-3-4-24(17-33)31-28(34)21-8-6-20(7-9-21)25-16-23(11-5-19(25)2)32-29(35)30(13-14-30)22-10-12-26-27(15-22)37-18-36-26;;;/h5-12,15-16,24,33H,3-4,13-14,17-18H2,1-2H3,(H,31,34)(H,32,35);3*1H/t24-;;;/m1.../s1. The first-order chi connectivity index (χ1) is 17.9. The summed E-state index contributed by atoms with van der Waals surface area (Å²) >= 11 is 0. The summed E-state index contributed by atoms with van der Waals surface area (Å²) in [5, 5.41) is 15.5. The lowest BCUT2D eigenvalue weighted by Gasteiger charge is -2.18. The first-order valence-electron chi connectivity index (χ1n) is 12.8. The van der Waals surface area contributed by atoms with Crippen LogP contribution in [0.4, 0.5) is 5.69 Å². The van der Waals surface area contributed by atoms with Crippen molar-refractivity contribution in [1.82, 2.24) is 5.32 Å². The second kappa shape index (κ2) is 10.3. The highest BCUT2D eigenvalue weighted by molar-refractivity contribution is 6.02. The molecule has 0 aromatic heterocycles. The molecule has 2 aliphatic rings. The number of aliphatic hydroxyl groups excluding tert-OH is 1. The van der Waals surface area contributed by atoms with Gasteiger partial charge in [-0.15, -0.1) is 0 Å². The number of ether oxygens (including phenoxy) is 2. The van der Waals surface area contributed by atoms with E-state index in [0.29, 0.717) is 17.1 Å². The fraction of sp³-hybridized carbons (Fsp3) is 0.333. The number of amides is 2. The Balaban J connectivity index is 0.00000187. The van der Waals surface area contributed by atoms with E-state index in [1.165, 1.54) is 0 Å². The highest BCUT2D eigenvalue weighted by atomic mass is 16.7. The Morgan fingerprint density at radius 3 is 2.49 bits per heavy atom. The molecule has 2 amide bonds. The number of hydrogen-bond donors (Lipinski definition) is 3. The van der Waals surface area contributed by atoms with Crippen LogP contribution in [0.15, 0.2) is 60.7 Å². The number of aryl methyl sites for hydroxylation is 1. The Kier molecular flexibility index (Phi) is 6.89. The van der Waals surface area contributed by atoms with Gasteiger partial charge in [0, 0.05) is 15.5 Å². The van der Waals surface area contributed by atoms with E-state index in [1.54, 1.807) is 12.1 Å². The topological polar surface area (TPSA) is 96.9 Å². The lowest BCUT2D eigenvalue weighted by Crippen LogP contribution is -2.37. The molecule has 7 heteroatoms. The van der Waals surface area contributed by atoms with Crippen LogP contribution in [-0.4, -0.2) is 36.4 Å². The largest absolute Gasteiger partial charge is 0.454 e. The zero-order valence-corrected chi connectivity index (χ0v) is 21.2. The fourth-order valence-electron chi connectivity index (χ4n) is 4.85. The number of rotatable bonds is 9. The molecule has 37 heavy (non-hydrogen) atoms. The summed E-state index contributed by atoms with van der Waals surface area (Å²) in [6.45, 7) is 4.17. The Labute approximate surface area is 221 Å². The number of benzene rings is 3. The Bertz CT molecular complexity index is 1330. The second-order valence-electron chi connectivity index (χ2n) is 9.85. The summed E-state index contributed by atoms with van der Waals surface area (Å²) in [5.74, 6) is 1.16. The molecular formula is C30H38N2O5. The van der Waals surface area contributed by atoms with Crippen molar-refractivity contribution in [3.8, 4) is 22.6 Å². The third-order valence-corrected chi connectivity index (χ3v) is 7.26. The van der Waals surface area contributed by atoms with E-state index in [-0.39, 0.29) is 35.5 Å². The summed E-state index contributed by atoms with van der Waals surface area (Å²) in [4.78, 5) is 25.9. The minimum atomic E-state index is -0.550. The van der Waals surface area contributed by atoms with Gasteiger partial charge in [0.25, 0.3) is 5.91 Å². The quantitative estimate of drug-likeness (QED) is 0.346. The summed E-state index contributed by atoms with van der Waals surface area (Å²) in [6.07, 6.45) is 3.19. The van der Waals surface area contributed by atoms with Crippen LogP contribution in [0.25, 0.3) is 11.1 Å². The van der Waals surface area contributed by atoms with E-state index in [1.807, 2.05) is 62.4 Å². The number of hydrogen-bond acceptors (Lipinski definition) is 5. The van der Waals surface area contributed by atoms with Gasteiger partial charge < -0.3 is 25.2 Å². The molecule has 0 saturated heterocycles. The van der Waals surface area contributed by atoms with Gasteiger partial charge in [0.05, 0.1) is 18.1 Å². The van der Waals surface area contributed by atoms with Crippen LogP contribution in [0.5, 0.6) is 11.5 Å². The molecule has 1 heterocycles. The molecule has 5 rings (SSSR count). The van der Waals surface area contributed by atoms with Crippen molar-refractivity contribution < 1.29 is 28.4 Å². The van der Waals surface area contributed by atoms with Gasteiger partial charge in [-0.3, -0.25) is 9.59 Å². The van der Waals surface area contributed by atoms with Crippen LogP contribution >= 0.6 is 0 Å². The van der Waals surface area contributed by atoms with Gasteiger partial charge in [-0.1, -0.05) is 37.6 Å². The molecule has 3 aromatic carbocycles. The average molecular weight is 507 g/mol. The zero-order chi connectivity index (χ0) is 26.0. The molecular weight excluding hydrogens is 468 g/mol. The Morgan fingerprint density at radius 1 is 1.03 bits per heavy atom. The van der Waals surface area contributed by atoms with Crippen molar-refractivity contribution in [2.45, 2.75) is 51.0 Å². The van der Waals surface area contributed by atoms with Gasteiger partial charge >= 0.3 is 0 Å². The van der Waals surface area contributed by atoms with Crippen LogP contribution in [0, 0.1) is 6.92 Å². The van der Waals surface area contributed by atoms with Crippen LogP contribution in [0.2, 0.25) is 0 Å². The normalized spacial score (nSPS) is 15.6. The molecule has 0 spiro atoms. The SMILES string of the molecule is CCC[C@H](CO)NC(=O)c1ccc(-c2cc(NC(=O)C3(c4ccc5c(c4)OCO5)CC3)ccc2C)cc1.[HH].[HH].[HH]. The van der Waals surface area contributed by atoms with E-state index in [4.69, 9.17) is 9.47 Å². The van der Waals surface area contributed by atoms with Gasteiger partial charge in [0.1, 0.15) is 0 Å². The van der Waals surface area contributed by atoms with Gasteiger partial charge in [-0.05, 0) is 84.8 Å². The zero-order valence-electron chi connectivity index (χ0n) is 21.2. The van der Waals surface area contributed by atoms with E-state index >= 15 is 0 Å². The summed E-state index contributed by atoms with van der Waals surface area (Å²) in [5.41, 5.74) is 4.66. The predicted octanol–water partition coefficient (Wildman–Crippen LogP) is 5.69. The lowest BCUT2D eigenvalue weighted by molar-refractivity contribution is -0.118. The second-order valence-corrected chi connectivity index (χ2v) is 9.85. The Morgan fingerprint density at radius 2 is 1.78 bits per heavy atom. The van der Waals surface area contributed by atoms with Crippen molar-refractivity contribution in [3.05, 3.63) is 77.4 Å². The first-order valence-corrected chi connectivity index (χ1v) is 12.8. The number of fused-ring (bicyclic) bond motifs is 1. The van der Waals surface area contributed by atoms with Crippen LogP contribution in [0.3, 0.4) is 0 Å². The number of carbonyl (C=O) groups is 2. The molecule has 198 valence electrons. The van der Waals surface area contributed by atoms with E-state index in [2.05, 4.69) is 10.6 Å². The maximum Gasteiger partial charge on any atom is 0.251 e. The summed E-state index contributed by atoms with van der Waals surface area (Å²) in [6, 6.07) is 18.8. The number of anilines is 1. The number of aliphatic hydroxyl groups is 1. The molecule has 3 N–H and O–H groups in total. The molecule has 1 atom stereocenters. The van der Waals surface area contributed by atoms with Gasteiger partial charge in [-0.2, -0.15) is 0 Å². The molecule has 0 bridgehead atoms. The monoisotopic (exact) mass is 506 g/mol. The minimum absolute atomic E-state index is 0. The van der Waals surface area contributed by atoms with Crippen molar-refractivity contribution in [2.24, 2.45) is 0 Å². The third-order valence-electron chi connectivity index (χ3n) is 7.26. The molecule has 1 aliphatic carbocycles. The molecule has 7 nitrogen and oxygen atoms in total. The van der Waals surface area contributed by atoms with Gasteiger partial charge in [0.2, 0.25) is 12.7 Å². The predicted molar refractivity (Wildman–Crippen MR) is 148 cm³/mol. The molecule has 0 unspecified atom stereocenters. The maximum absolute atomic E-state index is 13.4. The van der Waals surface area contributed by atoms with E-state index in [0.717, 1.165) is 53.6 Å². The van der Waals surface area contributed by atoms with Crippen molar-refractivity contribution in [3.63, 3.8) is 0 Å². The average Bonchev–Trinajstić information content (AvgIpc) is 3.60. The molecule has 3 aromatic rings.